The van der Waals surface area contributed by atoms with Crippen molar-refractivity contribution in [2.45, 2.75) is 38.8 Å². The molecule has 1 saturated heterocycles. The number of nitrogens with zero attached hydrogens (tertiary/aromatic N) is 3. The zero-order valence-corrected chi connectivity index (χ0v) is 15.3. The van der Waals surface area contributed by atoms with E-state index < -0.39 is 0 Å². The first-order valence-electron chi connectivity index (χ1n) is 9.20. The quantitative estimate of drug-likeness (QED) is 0.649. The SMILES string of the molecule is Clc1ccc(Cn2c(CN3CCCCCC3)nc3ccccc32)cc1. The van der Waals surface area contributed by atoms with Crippen molar-refractivity contribution in [1.82, 2.24) is 14.5 Å². The van der Waals surface area contributed by atoms with E-state index in [-0.39, 0.29) is 0 Å². The van der Waals surface area contributed by atoms with Crippen LogP contribution in [0.5, 0.6) is 0 Å². The van der Waals surface area contributed by atoms with Gasteiger partial charge in [0.05, 0.1) is 17.6 Å². The van der Waals surface area contributed by atoms with Crippen molar-refractivity contribution in [3.63, 3.8) is 0 Å². The Morgan fingerprint density at radius 1 is 0.840 bits per heavy atom. The molecule has 25 heavy (non-hydrogen) atoms. The Labute approximate surface area is 154 Å². The second-order valence-electron chi connectivity index (χ2n) is 6.92. The molecule has 4 rings (SSSR count). The predicted octanol–water partition coefficient (Wildman–Crippen LogP) is 5.11. The van der Waals surface area contributed by atoms with Gasteiger partial charge in [-0.05, 0) is 55.8 Å². The number of halogens is 1. The van der Waals surface area contributed by atoms with Crippen LogP contribution in [-0.4, -0.2) is 27.5 Å². The molecule has 0 spiro atoms. The van der Waals surface area contributed by atoms with Gasteiger partial charge in [-0.2, -0.15) is 0 Å². The van der Waals surface area contributed by atoms with Crippen molar-refractivity contribution < 1.29 is 0 Å². The van der Waals surface area contributed by atoms with Crippen molar-refractivity contribution in [2.75, 3.05) is 13.1 Å². The lowest BCUT2D eigenvalue weighted by Gasteiger charge is -2.20. The van der Waals surface area contributed by atoms with E-state index in [2.05, 4.69) is 45.9 Å². The molecule has 3 nitrogen and oxygen atoms in total. The minimum Gasteiger partial charge on any atom is -0.322 e. The molecule has 3 aromatic rings. The molecule has 1 aliphatic rings. The minimum atomic E-state index is 0.782. The van der Waals surface area contributed by atoms with E-state index in [4.69, 9.17) is 16.6 Å². The first-order valence-corrected chi connectivity index (χ1v) is 9.58. The molecule has 2 aromatic carbocycles. The van der Waals surface area contributed by atoms with Gasteiger partial charge in [-0.25, -0.2) is 4.98 Å². The van der Waals surface area contributed by atoms with Crippen LogP contribution in [0.1, 0.15) is 37.1 Å². The number of rotatable bonds is 4. The smallest absolute Gasteiger partial charge is 0.124 e. The first kappa shape index (κ1) is 16.6. The zero-order valence-electron chi connectivity index (χ0n) is 14.5. The number of hydrogen-bond donors (Lipinski definition) is 0. The zero-order chi connectivity index (χ0) is 17.1. The maximum atomic E-state index is 6.04. The Hall–Kier alpha value is -1.84. The molecule has 0 radical (unpaired) electrons. The van der Waals surface area contributed by atoms with Crippen LogP contribution in [0.4, 0.5) is 0 Å². The third kappa shape index (κ3) is 3.88. The van der Waals surface area contributed by atoms with Crippen LogP contribution in [0.3, 0.4) is 0 Å². The van der Waals surface area contributed by atoms with E-state index in [1.165, 1.54) is 49.9 Å². The van der Waals surface area contributed by atoms with E-state index in [1.807, 2.05) is 12.1 Å². The summed E-state index contributed by atoms with van der Waals surface area (Å²) in [6.45, 7) is 4.14. The molecular weight excluding hydrogens is 330 g/mol. The van der Waals surface area contributed by atoms with Gasteiger partial charge in [-0.15, -0.1) is 0 Å². The summed E-state index contributed by atoms with van der Waals surface area (Å²) in [5.41, 5.74) is 3.55. The summed E-state index contributed by atoms with van der Waals surface area (Å²) in [6.07, 6.45) is 5.32. The molecule has 0 saturated carbocycles. The van der Waals surface area contributed by atoms with Crippen LogP contribution in [0.2, 0.25) is 5.02 Å². The molecule has 4 heteroatoms. The third-order valence-electron chi connectivity index (χ3n) is 5.05. The fraction of sp³-hybridized carbons (Fsp3) is 0.381. The predicted molar refractivity (Wildman–Crippen MR) is 104 cm³/mol. The van der Waals surface area contributed by atoms with Gasteiger partial charge in [-0.1, -0.05) is 48.7 Å². The molecule has 1 fully saturated rings. The van der Waals surface area contributed by atoms with Gasteiger partial charge in [0.1, 0.15) is 5.82 Å². The van der Waals surface area contributed by atoms with Gasteiger partial charge in [0.25, 0.3) is 0 Å². The molecule has 1 aliphatic heterocycles. The normalized spacial score (nSPS) is 16.2. The maximum Gasteiger partial charge on any atom is 0.124 e. The van der Waals surface area contributed by atoms with Crippen LogP contribution in [0, 0.1) is 0 Å². The number of fused-ring (bicyclic) bond motifs is 1. The lowest BCUT2D eigenvalue weighted by Crippen LogP contribution is -2.26. The highest BCUT2D eigenvalue weighted by molar-refractivity contribution is 6.30. The number of likely N-dealkylation sites (tertiary alicyclic amines) is 1. The van der Waals surface area contributed by atoms with Crippen LogP contribution in [0.25, 0.3) is 11.0 Å². The summed E-state index contributed by atoms with van der Waals surface area (Å²) in [7, 11) is 0. The van der Waals surface area contributed by atoms with Gasteiger partial charge in [0, 0.05) is 11.6 Å². The molecular formula is C21H24ClN3. The van der Waals surface area contributed by atoms with Crippen molar-refractivity contribution in [3.05, 3.63) is 64.9 Å². The summed E-state index contributed by atoms with van der Waals surface area (Å²) in [4.78, 5) is 7.51. The van der Waals surface area contributed by atoms with Gasteiger partial charge < -0.3 is 4.57 Å². The lowest BCUT2D eigenvalue weighted by atomic mass is 10.2. The Bertz CT molecular complexity index is 830. The third-order valence-corrected chi connectivity index (χ3v) is 5.30. The molecule has 2 heterocycles. The van der Waals surface area contributed by atoms with E-state index in [0.29, 0.717) is 0 Å². The highest BCUT2D eigenvalue weighted by Crippen LogP contribution is 2.21. The highest BCUT2D eigenvalue weighted by Gasteiger charge is 2.16. The summed E-state index contributed by atoms with van der Waals surface area (Å²) in [5.74, 6) is 1.16. The minimum absolute atomic E-state index is 0.782. The summed E-state index contributed by atoms with van der Waals surface area (Å²) >= 11 is 6.04. The van der Waals surface area contributed by atoms with Crippen molar-refractivity contribution >= 4 is 22.6 Å². The second kappa shape index (κ2) is 7.59. The average Bonchev–Trinajstić information content (AvgIpc) is 2.79. The Kier molecular flexibility index (Phi) is 5.04. The molecule has 0 amide bonds. The topological polar surface area (TPSA) is 21.1 Å². The molecule has 1 aromatic heterocycles. The van der Waals surface area contributed by atoms with Crippen molar-refractivity contribution in [2.24, 2.45) is 0 Å². The van der Waals surface area contributed by atoms with Crippen LogP contribution >= 0.6 is 11.6 Å². The second-order valence-corrected chi connectivity index (χ2v) is 7.36. The van der Waals surface area contributed by atoms with E-state index in [9.17, 15) is 0 Å². The molecule has 0 atom stereocenters. The van der Waals surface area contributed by atoms with Crippen LogP contribution < -0.4 is 0 Å². The fourth-order valence-corrected chi connectivity index (χ4v) is 3.82. The lowest BCUT2D eigenvalue weighted by molar-refractivity contribution is 0.267. The van der Waals surface area contributed by atoms with Crippen molar-refractivity contribution in [3.8, 4) is 0 Å². The van der Waals surface area contributed by atoms with Crippen LogP contribution in [-0.2, 0) is 13.1 Å². The summed E-state index contributed by atoms with van der Waals surface area (Å²) in [5, 5.41) is 0.782. The first-order chi connectivity index (χ1) is 12.3. The van der Waals surface area contributed by atoms with Gasteiger partial charge in [0.15, 0.2) is 0 Å². The monoisotopic (exact) mass is 353 g/mol. The largest absolute Gasteiger partial charge is 0.322 e. The molecule has 0 N–H and O–H groups in total. The van der Waals surface area contributed by atoms with E-state index in [0.717, 1.165) is 29.5 Å². The van der Waals surface area contributed by atoms with Crippen LogP contribution in [0.15, 0.2) is 48.5 Å². The molecule has 0 unspecified atom stereocenters. The number of para-hydroxylation sites is 2. The Morgan fingerprint density at radius 3 is 2.32 bits per heavy atom. The summed E-state index contributed by atoms with van der Waals surface area (Å²) < 4.78 is 2.36. The van der Waals surface area contributed by atoms with Gasteiger partial charge in [-0.3, -0.25) is 4.90 Å². The highest BCUT2D eigenvalue weighted by atomic mass is 35.5. The summed E-state index contributed by atoms with van der Waals surface area (Å²) in [6, 6.07) is 16.6. The number of hydrogen-bond acceptors (Lipinski definition) is 2. The number of aromatic nitrogens is 2. The van der Waals surface area contributed by atoms with E-state index in [1.54, 1.807) is 0 Å². The fourth-order valence-electron chi connectivity index (χ4n) is 3.69. The van der Waals surface area contributed by atoms with Gasteiger partial charge in [0.2, 0.25) is 0 Å². The Morgan fingerprint density at radius 2 is 1.56 bits per heavy atom. The average molecular weight is 354 g/mol. The molecule has 0 aliphatic carbocycles. The molecule has 0 bridgehead atoms. The maximum absolute atomic E-state index is 6.04. The van der Waals surface area contributed by atoms with Gasteiger partial charge >= 0.3 is 0 Å². The number of imidazole rings is 1. The van der Waals surface area contributed by atoms with E-state index >= 15 is 0 Å². The molecule has 130 valence electrons. The van der Waals surface area contributed by atoms with Crippen molar-refractivity contribution in [1.29, 1.82) is 0 Å². The standard InChI is InChI=1S/C21H24ClN3/c22-18-11-9-17(10-12-18)15-25-20-8-4-3-7-19(20)23-21(25)16-24-13-5-1-2-6-14-24/h3-4,7-12H,1-2,5-6,13-16H2. The Balaban J connectivity index is 1.66. The number of benzene rings is 2.